The summed E-state index contributed by atoms with van der Waals surface area (Å²) >= 11 is 0. The second-order valence-corrected chi connectivity index (χ2v) is 7.85. The van der Waals surface area contributed by atoms with E-state index in [0.29, 0.717) is 0 Å². The SMILES string of the molecule is CCCCN1CCC(CCCC2CCN(CCC)CC2)CC1. The molecule has 2 heteroatoms. The quantitative estimate of drug-likeness (QED) is 0.604. The van der Waals surface area contributed by atoms with Gasteiger partial charge >= 0.3 is 0 Å². The normalized spacial score (nSPS) is 23.2. The molecule has 0 aromatic rings. The molecule has 0 aromatic heterocycles. The molecule has 22 heavy (non-hydrogen) atoms. The highest BCUT2D eigenvalue weighted by Crippen LogP contribution is 2.27. The van der Waals surface area contributed by atoms with E-state index in [1.54, 1.807) is 0 Å². The zero-order valence-corrected chi connectivity index (χ0v) is 15.4. The highest BCUT2D eigenvalue weighted by Gasteiger charge is 2.21. The van der Waals surface area contributed by atoms with Crippen molar-refractivity contribution in [3.63, 3.8) is 0 Å². The molecule has 0 unspecified atom stereocenters. The predicted octanol–water partition coefficient (Wildman–Crippen LogP) is 4.79. The van der Waals surface area contributed by atoms with Crippen molar-refractivity contribution >= 4 is 0 Å². The molecule has 0 amide bonds. The minimum atomic E-state index is 1.04. The summed E-state index contributed by atoms with van der Waals surface area (Å²) in [5.41, 5.74) is 0. The Hall–Kier alpha value is -0.0800. The first-order valence-corrected chi connectivity index (χ1v) is 10.3. The molecule has 2 fully saturated rings. The molecule has 0 atom stereocenters. The summed E-state index contributed by atoms with van der Waals surface area (Å²) in [5, 5.41) is 0. The van der Waals surface area contributed by atoms with Crippen LogP contribution < -0.4 is 0 Å². The standard InChI is InChI=1S/C20H40N2/c1-3-5-14-22-17-11-20(12-18-22)8-6-7-19-9-15-21(13-4-2)16-10-19/h19-20H,3-18H2,1-2H3. The number of nitrogens with zero attached hydrogens (tertiary/aromatic N) is 2. The molecule has 2 aliphatic heterocycles. The van der Waals surface area contributed by atoms with E-state index in [9.17, 15) is 0 Å². The van der Waals surface area contributed by atoms with Crippen LogP contribution in [0.5, 0.6) is 0 Å². The summed E-state index contributed by atoms with van der Waals surface area (Å²) in [6.45, 7) is 12.8. The van der Waals surface area contributed by atoms with E-state index in [0.717, 1.165) is 11.8 Å². The van der Waals surface area contributed by atoms with Crippen molar-refractivity contribution < 1.29 is 0 Å². The average molecular weight is 309 g/mol. The van der Waals surface area contributed by atoms with Crippen LogP contribution in [0.4, 0.5) is 0 Å². The van der Waals surface area contributed by atoms with Crippen LogP contribution in [-0.2, 0) is 0 Å². The van der Waals surface area contributed by atoms with E-state index in [4.69, 9.17) is 0 Å². The van der Waals surface area contributed by atoms with Gasteiger partial charge in [0.05, 0.1) is 0 Å². The van der Waals surface area contributed by atoms with Crippen LogP contribution in [0.1, 0.15) is 78.1 Å². The highest BCUT2D eigenvalue weighted by molar-refractivity contribution is 4.75. The van der Waals surface area contributed by atoms with Crippen molar-refractivity contribution in [2.75, 3.05) is 39.3 Å². The Bertz CT molecular complexity index is 263. The van der Waals surface area contributed by atoms with Crippen LogP contribution in [0.15, 0.2) is 0 Å². The van der Waals surface area contributed by atoms with Gasteiger partial charge in [-0.15, -0.1) is 0 Å². The third-order valence-electron chi connectivity index (χ3n) is 6.01. The van der Waals surface area contributed by atoms with Gasteiger partial charge < -0.3 is 9.80 Å². The maximum atomic E-state index is 2.70. The second-order valence-electron chi connectivity index (χ2n) is 7.85. The van der Waals surface area contributed by atoms with Crippen molar-refractivity contribution in [2.24, 2.45) is 11.8 Å². The molecule has 0 radical (unpaired) electrons. The Morgan fingerprint density at radius 3 is 1.59 bits per heavy atom. The summed E-state index contributed by atoms with van der Waals surface area (Å²) in [7, 11) is 0. The number of piperidine rings is 2. The number of likely N-dealkylation sites (tertiary alicyclic amines) is 2. The Morgan fingerprint density at radius 1 is 0.636 bits per heavy atom. The van der Waals surface area contributed by atoms with E-state index in [1.807, 2.05) is 0 Å². The van der Waals surface area contributed by atoms with E-state index in [2.05, 4.69) is 23.6 Å². The molecular weight excluding hydrogens is 268 g/mol. The van der Waals surface area contributed by atoms with Gasteiger partial charge in [-0.25, -0.2) is 0 Å². The monoisotopic (exact) mass is 308 g/mol. The number of unbranched alkanes of at least 4 members (excludes halogenated alkanes) is 1. The molecule has 2 aliphatic rings. The maximum Gasteiger partial charge on any atom is -0.00161 e. The fraction of sp³-hybridized carbons (Fsp3) is 1.00. The van der Waals surface area contributed by atoms with Crippen LogP contribution in [0.25, 0.3) is 0 Å². The van der Waals surface area contributed by atoms with Gasteiger partial charge in [-0.05, 0) is 89.6 Å². The molecule has 0 aliphatic carbocycles. The van der Waals surface area contributed by atoms with Gasteiger partial charge in [-0.2, -0.15) is 0 Å². The molecule has 2 saturated heterocycles. The first kappa shape index (κ1) is 18.3. The van der Waals surface area contributed by atoms with Gasteiger partial charge in [0, 0.05) is 0 Å². The Kier molecular flexibility index (Phi) is 8.84. The predicted molar refractivity (Wildman–Crippen MR) is 97.4 cm³/mol. The topological polar surface area (TPSA) is 6.48 Å². The van der Waals surface area contributed by atoms with Crippen molar-refractivity contribution in [2.45, 2.75) is 78.1 Å². The smallest absolute Gasteiger partial charge is 0.00161 e. The largest absolute Gasteiger partial charge is 0.303 e. The summed E-state index contributed by atoms with van der Waals surface area (Å²) in [4.78, 5) is 5.37. The van der Waals surface area contributed by atoms with Crippen LogP contribution >= 0.6 is 0 Å². The lowest BCUT2D eigenvalue weighted by Crippen LogP contribution is -2.35. The highest BCUT2D eigenvalue weighted by atomic mass is 15.1. The molecule has 0 N–H and O–H groups in total. The number of hydrogen-bond acceptors (Lipinski definition) is 2. The van der Waals surface area contributed by atoms with Crippen molar-refractivity contribution in [3.05, 3.63) is 0 Å². The third-order valence-corrected chi connectivity index (χ3v) is 6.01. The lowest BCUT2D eigenvalue weighted by Gasteiger charge is -2.33. The van der Waals surface area contributed by atoms with Crippen molar-refractivity contribution in [1.82, 2.24) is 9.80 Å². The molecule has 0 bridgehead atoms. The van der Waals surface area contributed by atoms with Crippen molar-refractivity contribution in [1.29, 1.82) is 0 Å². The summed E-state index contributed by atoms with van der Waals surface area (Å²) in [6, 6.07) is 0. The minimum Gasteiger partial charge on any atom is -0.303 e. The molecule has 2 heterocycles. The summed E-state index contributed by atoms with van der Waals surface area (Å²) in [5.74, 6) is 2.08. The van der Waals surface area contributed by atoms with Gasteiger partial charge in [0.1, 0.15) is 0 Å². The zero-order valence-electron chi connectivity index (χ0n) is 15.4. The Balaban J connectivity index is 1.49. The third kappa shape index (κ3) is 6.58. The lowest BCUT2D eigenvalue weighted by atomic mass is 9.87. The summed E-state index contributed by atoms with van der Waals surface area (Å²) in [6.07, 6.45) is 14.5. The van der Waals surface area contributed by atoms with Crippen LogP contribution in [0.2, 0.25) is 0 Å². The van der Waals surface area contributed by atoms with Crippen LogP contribution in [0, 0.1) is 11.8 Å². The molecule has 0 aromatic carbocycles. The summed E-state index contributed by atoms with van der Waals surface area (Å²) < 4.78 is 0. The lowest BCUT2D eigenvalue weighted by molar-refractivity contribution is 0.162. The number of rotatable bonds is 9. The van der Waals surface area contributed by atoms with Crippen LogP contribution in [-0.4, -0.2) is 49.1 Å². The van der Waals surface area contributed by atoms with E-state index in [1.165, 1.54) is 103 Å². The van der Waals surface area contributed by atoms with Gasteiger partial charge in [-0.1, -0.05) is 39.5 Å². The second kappa shape index (κ2) is 10.6. The molecular formula is C20H40N2. The first-order chi connectivity index (χ1) is 10.8. The molecule has 0 spiro atoms. The Morgan fingerprint density at radius 2 is 1.14 bits per heavy atom. The Labute approximate surface area is 139 Å². The van der Waals surface area contributed by atoms with Crippen LogP contribution in [0.3, 0.4) is 0 Å². The first-order valence-electron chi connectivity index (χ1n) is 10.3. The minimum absolute atomic E-state index is 1.04. The van der Waals surface area contributed by atoms with Gasteiger partial charge in [0.2, 0.25) is 0 Å². The van der Waals surface area contributed by atoms with E-state index >= 15 is 0 Å². The van der Waals surface area contributed by atoms with Gasteiger partial charge in [0.25, 0.3) is 0 Å². The van der Waals surface area contributed by atoms with Crippen molar-refractivity contribution in [3.8, 4) is 0 Å². The molecule has 0 saturated carbocycles. The van der Waals surface area contributed by atoms with Gasteiger partial charge in [-0.3, -0.25) is 0 Å². The van der Waals surface area contributed by atoms with E-state index in [-0.39, 0.29) is 0 Å². The molecule has 2 rings (SSSR count). The maximum absolute atomic E-state index is 2.70. The fourth-order valence-corrected chi connectivity index (χ4v) is 4.39. The number of hydrogen-bond donors (Lipinski definition) is 0. The van der Waals surface area contributed by atoms with E-state index < -0.39 is 0 Å². The fourth-order valence-electron chi connectivity index (χ4n) is 4.39. The zero-order chi connectivity index (χ0) is 15.6. The van der Waals surface area contributed by atoms with Gasteiger partial charge in [0.15, 0.2) is 0 Å². The molecule has 2 nitrogen and oxygen atoms in total. The molecule has 130 valence electrons. The average Bonchev–Trinajstić information content (AvgIpc) is 2.56.